The first-order valence-electron chi connectivity index (χ1n) is 11.2. The highest BCUT2D eigenvalue weighted by atomic mass is 32.2. The largest absolute Gasteiger partial charge is 0.459 e. The average Bonchev–Trinajstić information content (AvgIpc) is 3.51. The first kappa shape index (κ1) is 24.1. The van der Waals surface area contributed by atoms with Crippen molar-refractivity contribution in [3.8, 4) is 0 Å². The number of amides is 3. The maximum absolute atomic E-state index is 13.5. The smallest absolute Gasteiger partial charge is 0.291 e. The van der Waals surface area contributed by atoms with E-state index in [0.29, 0.717) is 16.3 Å². The topological polar surface area (TPSA) is 91.7 Å². The fraction of sp³-hybridized carbons (Fsp3) is 0.0357. The molecule has 2 heterocycles. The van der Waals surface area contributed by atoms with Crippen LogP contribution in [0.2, 0.25) is 0 Å². The Hall–Kier alpha value is -4.63. The quantitative estimate of drug-likeness (QED) is 0.296. The number of rotatable bonds is 7. The molecule has 0 bridgehead atoms. The number of imide groups is 1. The third-order valence-corrected chi connectivity index (χ3v) is 6.61. The molecule has 184 valence electrons. The van der Waals surface area contributed by atoms with Gasteiger partial charge in [-0.3, -0.25) is 14.4 Å². The standard InChI is InChI=1S/C28H20FN3O4S/c1-17-4-8-19(9-5-17)30-24-25(28(35)32(27(24)34)21-12-6-18(29)7-13-21)37-22-14-10-20(11-15-22)31-26(33)23-3-2-16-36-23/h2-16,30H,1H3,(H,31,33). The molecule has 5 rings (SSSR count). The minimum Gasteiger partial charge on any atom is -0.459 e. The van der Waals surface area contributed by atoms with E-state index < -0.39 is 17.6 Å². The summed E-state index contributed by atoms with van der Waals surface area (Å²) >= 11 is 1.12. The highest BCUT2D eigenvalue weighted by molar-refractivity contribution is 8.04. The molecule has 7 nitrogen and oxygen atoms in total. The number of furan rings is 1. The Bertz CT molecular complexity index is 1500. The molecule has 0 aliphatic carbocycles. The summed E-state index contributed by atoms with van der Waals surface area (Å²) in [6.45, 7) is 1.95. The Balaban J connectivity index is 1.42. The summed E-state index contributed by atoms with van der Waals surface area (Å²) in [5.74, 6) is -1.73. The summed E-state index contributed by atoms with van der Waals surface area (Å²) in [5, 5.41) is 5.82. The van der Waals surface area contributed by atoms with Crippen molar-refractivity contribution in [1.29, 1.82) is 0 Å². The van der Waals surface area contributed by atoms with E-state index in [1.807, 2.05) is 31.2 Å². The number of thioether (sulfide) groups is 1. The van der Waals surface area contributed by atoms with Crippen molar-refractivity contribution < 1.29 is 23.2 Å². The number of hydrogen-bond acceptors (Lipinski definition) is 6. The van der Waals surface area contributed by atoms with Gasteiger partial charge in [0.2, 0.25) is 0 Å². The maximum atomic E-state index is 13.5. The van der Waals surface area contributed by atoms with Gasteiger partial charge in [-0.05, 0) is 79.7 Å². The van der Waals surface area contributed by atoms with E-state index >= 15 is 0 Å². The molecule has 1 aliphatic rings. The lowest BCUT2D eigenvalue weighted by molar-refractivity contribution is -0.120. The second kappa shape index (κ2) is 10.2. The number of halogens is 1. The minimum absolute atomic E-state index is 0.123. The lowest BCUT2D eigenvalue weighted by Crippen LogP contribution is -2.32. The summed E-state index contributed by atoms with van der Waals surface area (Å²) in [6.07, 6.45) is 1.42. The van der Waals surface area contributed by atoms with Crippen LogP contribution >= 0.6 is 11.8 Å². The Morgan fingerprint density at radius 2 is 1.54 bits per heavy atom. The maximum Gasteiger partial charge on any atom is 0.291 e. The number of carbonyl (C=O) groups is 3. The summed E-state index contributed by atoms with van der Waals surface area (Å²) < 4.78 is 18.6. The van der Waals surface area contributed by atoms with E-state index in [9.17, 15) is 18.8 Å². The molecule has 3 amide bonds. The van der Waals surface area contributed by atoms with Gasteiger partial charge >= 0.3 is 0 Å². The Kier molecular flexibility index (Phi) is 6.61. The van der Waals surface area contributed by atoms with Crippen LogP contribution in [0.25, 0.3) is 0 Å². The molecule has 0 radical (unpaired) electrons. The molecule has 4 aromatic rings. The molecule has 0 saturated carbocycles. The second-order valence-electron chi connectivity index (χ2n) is 8.18. The van der Waals surface area contributed by atoms with Crippen LogP contribution in [0.4, 0.5) is 21.5 Å². The van der Waals surface area contributed by atoms with Crippen molar-refractivity contribution in [2.75, 3.05) is 15.5 Å². The van der Waals surface area contributed by atoms with Crippen LogP contribution in [0.1, 0.15) is 16.1 Å². The molecule has 0 spiro atoms. The average molecular weight is 514 g/mol. The van der Waals surface area contributed by atoms with E-state index in [-0.39, 0.29) is 28.0 Å². The fourth-order valence-electron chi connectivity index (χ4n) is 3.65. The van der Waals surface area contributed by atoms with Crippen LogP contribution in [-0.4, -0.2) is 17.7 Å². The van der Waals surface area contributed by atoms with Gasteiger partial charge in [-0.25, -0.2) is 9.29 Å². The molecule has 37 heavy (non-hydrogen) atoms. The van der Waals surface area contributed by atoms with Crippen LogP contribution in [0.5, 0.6) is 0 Å². The number of hydrogen-bond donors (Lipinski definition) is 2. The Morgan fingerprint density at radius 1 is 0.865 bits per heavy atom. The molecule has 0 unspecified atom stereocenters. The molecule has 9 heteroatoms. The fourth-order valence-corrected chi connectivity index (χ4v) is 4.57. The number of nitrogens with zero attached hydrogens (tertiary/aromatic N) is 1. The molecule has 0 fully saturated rings. The lowest BCUT2D eigenvalue weighted by Gasteiger charge is -2.15. The van der Waals surface area contributed by atoms with Crippen molar-refractivity contribution in [3.05, 3.63) is 119 Å². The molecule has 0 saturated heterocycles. The molecule has 1 aliphatic heterocycles. The van der Waals surface area contributed by atoms with Crippen molar-refractivity contribution in [2.45, 2.75) is 11.8 Å². The van der Waals surface area contributed by atoms with Crippen LogP contribution in [0.15, 0.2) is 111 Å². The number of aryl methyl sites for hydroxylation is 1. The van der Waals surface area contributed by atoms with Crippen LogP contribution in [-0.2, 0) is 9.59 Å². The van der Waals surface area contributed by atoms with Gasteiger partial charge in [0.05, 0.1) is 12.0 Å². The van der Waals surface area contributed by atoms with Gasteiger partial charge in [-0.15, -0.1) is 0 Å². The van der Waals surface area contributed by atoms with Crippen molar-refractivity contribution >= 4 is 46.5 Å². The number of anilines is 3. The van der Waals surface area contributed by atoms with Crippen LogP contribution < -0.4 is 15.5 Å². The predicted octanol–water partition coefficient (Wildman–Crippen LogP) is 5.97. The lowest BCUT2D eigenvalue weighted by atomic mass is 10.2. The van der Waals surface area contributed by atoms with E-state index in [1.165, 1.54) is 30.5 Å². The zero-order chi connectivity index (χ0) is 25.9. The highest BCUT2D eigenvalue weighted by Crippen LogP contribution is 2.38. The number of benzene rings is 3. The minimum atomic E-state index is -0.540. The summed E-state index contributed by atoms with van der Waals surface area (Å²) in [7, 11) is 0. The normalized spacial score (nSPS) is 13.3. The zero-order valence-corrected chi connectivity index (χ0v) is 20.3. The van der Waals surface area contributed by atoms with Gasteiger partial charge in [0.25, 0.3) is 17.7 Å². The first-order chi connectivity index (χ1) is 17.9. The molecular weight excluding hydrogens is 493 g/mol. The molecule has 2 N–H and O–H groups in total. The van der Waals surface area contributed by atoms with E-state index in [4.69, 9.17) is 4.42 Å². The van der Waals surface area contributed by atoms with Crippen molar-refractivity contribution in [3.63, 3.8) is 0 Å². The first-order valence-corrected chi connectivity index (χ1v) is 12.1. The second-order valence-corrected chi connectivity index (χ2v) is 9.26. The van der Waals surface area contributed by atoms with Gasteiger partial charge in [0, 0.05) is 16.3 Å². The van der Waals surface area contributed by atoms with Crippen molar-refractivity contribution in [1.82, 2.24) is 0 Å². The molecule has 3 aromatic carbocycles. The highest BCUT2D eigenvalue weighted by Gasteiger charge is 2.40. The Labute approximate surface area is 216 Å². The SMILES string of the molecule is Cc1ccc(NC2=C(Sc3ccc(NC(=O)c4ccco4)cc3)C(=O)N(c3ccc(F)cc3)C2=O)cc1. The predicted molar refractivity (Wildman–Crippen MR) is 140 cm³/mol. The monoisotopic (exact) mass is 513 g/mol. The third-order valence-electron chi connectivity index (χ3n) is 5.52. The van der Waals surface area contributed by atoms with E-state index in [0.717, 1.165) is 22.2 Å². The Morgan fingerprint density at radius 3 is 2.19 bits per heavy atom. The summed E-state index contributed by atoms with van der Waals surface area (Å²) in [6, 6.07) is 22.6. The van der Waals surface area contributed by atoms with Gasteiger partial charge in [-0.2, -0.15) is 0 Å². The molecule has 0 atom stereocenters. The van der Waals surface area contributed by atoms with Crippen molar-refractivity contribution in [2.24, 2.45) is 0 Å². The summed E-state index contributed by atoms with van der Waals surface area (Å²) in [4.78, 5) is 40.9. The van der Waals surface area contributed by atoms with Gasteiger partial charge < -0.3 is 15.1 Å². The van der Waals surface area contributed by atoms with Crippen LogP contribution in [0.3, 0.4) is 0 Å². The van der Waals surface area contributed by atoms with Gasteiger partial charge in [0.15, 0.2) is 5.76 Å². The summed E-state index contributed by atoms with van der Waals surface area (Å²) in [5.41, 5.74) is 2.64. The molecular formula is C28H20FN3O4S. The molecule has 1 aromatic heterocycles. The third kappa shape index (κ3) is 5.17. The number of nitrogens with one attached hydrogen (secondary N) is 2. The zero-order valence-electron chi connectivity index (χ0n) is 19.5. The van der Waals surface area contributed by atoms with Crippen LogP contribution in [0, 0.1) is 12.7 Å². The van der Waals surface area contributed by atoms with Gasteiger partial charge in [-0.1, -0.05) is 29.5 Å². The number of carbonyl (C=O) groups excluding carboxylic acids is 3. The van der Waals surface area contributed by atoms with E-state index in [2.05, 4.69) is 10.6 Å². The van der Waals surface area contributed by atoms with E-state index in [1.54, 1.807) is 36.4 Å². The van der Waals surface area contributed by atoms with Gasteiger partial charge in [0.1, 0.15) is 16.4 Å².